The minimum absolute atomic E-state index is 0.222. The third-order valence-electron chi connectivity index (χ3n) is 2.99. The fourth-order valence-electron chi connectivity index (χ4n) is 1.84. The maximum absolute atomic E-state index is 10.3. The summed E-state index contributed by atoms with van der Waals surface area (Å²) in [5.74, 6) is 0.491. The van der Waals surface area contributed by atoms with Crippen molar-refractivity contribution in [2.75, 3.05) is 13.2 Å². The van der Waals surface area contributed by atoms with Crippen molar-refractivity contribution in [2.24, 2.45) is 0 Å². The summed E-state index contributed by atoms with van der Waals surface area (Å²) in [5, 5.41) is 0. The second kappa shape index (κ2) is 15.2. The molecule has 0 saturated heterocycles. The molecule has 1 heterocycles. The maximum atomic E-state index is 10.3. The van der Waals surface area contributed by atoms with E-state index in [-0.39, 0.29) is 5.92 Å². The number of halogens is 2. The van der Waals surface area contributed by atoms with Gasteiger partial charge in [-0.05, 0) is 32.9 Å². The summed E-state index contributed by atoms with van der Waals surface area (Å²) in [6.45, 7) is 4.74. The van der Waals surface area contributed by atoms with E-state index in [0.717, 1.165) is 11.5 Å². The Balaban J connectivity index is 0.000000602. The fraction of sp³-hybridized carbons (Fsp3) is 0.444. The van der Waals surface area contributed by atoms with Crippen LogP contribution >= 0.6 is 36.3 Å². The lowest BCUT2D eigenvalue weighted by Gasteiger charge is -2.20. The third kappa shape index (κ3) is 15.1. The monoisotopic (exact) mass is 634 g/mol. The number of aromatic nitrogens is 2. The number of aryl methyl sites for hydroxylation is 1. The molecule has 1 aliphatic carbocycles. The zero-order chi connectivity index (χ0) is 24.9. The van der Waals surface area contributed by atoms with Gasteiger partial charge in [0, 0.05) is 29.5 Å². The van der Waals surface area contributed by atoms with Crippen LogP contribution in [0.1, 0.15) is 45.1 Å². The van der Waals surface area contributed by atoms with E-state index in [1.54, 1.807) is 18.2 Å². The molecule has 0 spiro atoms. The molecule has 0 saturated carbocycles. The summed E-state index contributed by atoms with van der Waals surface area (Å²) in [6.07, 6.45) is 5.60. The van der Waals surface area contributed by atoms with E-state index in [1.807, 2.05) is 34.6 Å². The Bertz CT molecular complexity index is 959. The summed E-state index contributed by atoms with van der Waals surface area (Å²) >= 11 is 9.85. The molecule has 2 rings (SSSR count). The number of carbonyl (C=O) groups is 2. The predicted octanol–water partition coefficient (Wildman–Crippen LogP) is 4.86. The molecule has 1 aromatic heterocycles. The van der Waals surface area contributed by atoms with E-state index in [1.165, 1.54) is 12.2 Å². The van der Waals surface area contributed by atoms with Gasteiger partial charge in [-0.2, -0.15) is 4.98 Å². The van der Waals surface area contributed by atoms with Crippen LogP contribution in [0.5, 0.6) is 5.88 Å². The minimum Gasteiger partial charge on any atom is -0.406 e. The normalized spacial score (nSPS) is 13.2. The first-order chi connectivity index (χ1) is 14.7. The fourth-order valence-corrected chi connectivity index (χ4v) is 3.83. The van der Waals surface area contributed by atoms with Crippen LogP contribution in [0.2, 0.25) is 0 Å². The highest BCUT2D eigenvalue weighted by Crippen LogP contribution is 2.49. The number of rotatable bonds is 7. The van der Waals surface area contributed by atoms with Crippen molar-refractivity contribution < 1.29 is 31.6 Å². The van der Waals surface area contributed by atoms with Gasteiger partial charge >= 0.3 is 6.72 Å². The SMILES string of the molecule is CCOP(=S)(OCC)Oc1cc(C)nc(C(C)C)n1.O=C1C=CC=CC1=O.O=S(=O)(Br)Br. The van der Waals surface area contributed by atoms with E-state index in [4.69, 9.17) is 25.4 Å². The van der Waals surface area contributed by atoms with Gasteiger partial charge in [-0.3, -0.25) is 18.6 Å². The molecule has 180 valence electrons. The molecule has 0 aliphatic heterocycles. The van der Waals surface area contributed by atoms with Crippen molar-refractivity contribution in [3.8, 4) is 5.88 Å². The van der Waals surface area contributed by atoms with E-state index >= 15 is 0 Å². The Hall–Kier alpha value is -0.820. The molecule has 0 amide bonds. The lowest BCUT2D eigenvalue weighted by molar-refractivity contribution is -0.131. The van der Waals surface area contributed by atoms with Gasteiger partial charge in [0.15, 0.2) is 0 Å². The molecule has 0 atom stereocenters. The van der Waals surface area contributed by atoms with E-state index in [0.29, 0.717) is 19.1 Å². The molecule has 32 heavy (non-hydrogen) atoms. The summed E-state index contributed by atoms with van der Waals surface area (Å²) < 4.78 is 35.5. The number of carbonyl (C=O) groups excluding carboxylic acids is 2. The van der Waals surface area contributed by atoms with Crippen LogP contribution in [0.4, 0.5) is 0 Å². The van der Waals surface area contributed by atoms with Gasteiger partial charge < -0.3 is 4.52 Å². The van der Waals surface area contributed by atoms with Crippen molar-refractivity contribution in [3.63, 3.8) is 0 Å². The molecule has 0 N–H and O–H groups in total. The highest BCUT2D eigenvalue weighted by Gasteiger charge is 2.22. The molecule has 0 aromatic carbocycles. The van der Waals surface area contributed by atoms with Crippen molar-refractivity contribution in [1.82, 2.24) is 9.97 Å². The van der Waals surface area contributed by atoms with E-state index in [9.17, 15) is 18.0 Å². The first kappa shape index (κ1) is 31.2. The summed E-state index contributed by atoms with van der Waals surface area (Å²) in [6, 6.07) is 1.74. The number of allylic oxidation sites excluding steroid dienone is 4. The first-order valence-electron chi connectivity index (χ1n) is 9.22. The van der Waals surface area contributed by atoms with Crippen molar-refractivity contribution >= 4 is 66.4 Å². The average Bonchev–Trinajstić information content (AvgIpc) is 2.63. The molecule has 0 radical (unpaired) electrons. The third-order valence-corrected chi connectivity index (χ3v) is 5.41. The summed E-state index contributed by atoms with van der Waals surface area (Å²) in [4.78, 5) is 29.3. The van der Waals surface area contributed by atoms with Gasteiger partial charge in [0.1, 0.15) is 5.82 Å². The van der Waals surface area contributed by atoms with Crippen molar-refractivity contribution in [2.45, 2.75) is 40.5 Å². The number of hydrogen-bond donors (Lipinski definition) is 0. The Morgan fingerprint density at radius 1 is 1.03 bits per heavy atom. The largest absolute Gasteiger partial charge is 0.406 e. The molecular weight excluding hydrogens is 611 g/mol. The zero-order valence-electron chi connectivity index (χ0n) is 18.2. The average molecular weight is 636 g/mol. The van der Waals surface area contributed by atoms with Gasteiger partial charge in [0.2, 0.25) is 17.4 Å². The zero-order valence-corrected chi connectivity index (χ0v) is 23.8. The van der Waals surface area contributed by atoms with Crippen LogP contribution in [-0.2, 0) is 37.1 Å². The lowest BCUT2D eigenvalue weighted by Crippen LogP contribution is -2.08. The molecule has 0 unspecified atom stereocenters. The van der Waals surface area contributed by atoms with Crippen LogP contribution in [0.25, 0.3) is 0 Å². The highest BCUT2D eigenvalue weighted by atomic mass is 79.9. The van der Waals surface area contributed by atoms with Gasteiger partial charge in [-0.15, -0.1) is 0 Å². The molecule has 14 heteroatoms. The predicted molar refractivity (Wildman–Crippen MR) is 134 cm³/mol. The molecule has 0 bridgehead atoms. The summed E-state index contributed by atoms with van der Waals surface area (Å²) in [5.41, 5.74) is 0.836. The van der Waals surface area contributed by atoms with Gasteiger partial charge in [-0.1, -0.05) is 26.0 Å². The number of hydrogen-bond acceptors (Lipinski definition) is 10. The van der Waals surface area contributed by atoms with E-state index in [2.05, 4.69) is 39.6 Å². The molecule has 1 aromatic rings. The van der Waals surface area contributed by atoms with Crippen molar-refractivity contribution in [3.05, 3.63) is 41.9 Å². The quantitative estimate of drug-likeness (QED) is 0.178. The Labute approximate surface area is 208 Å². The Morgan fingerprint density at radius 2 is 1.47 bits per heavy atom. The van der Waals surface area contributed by atoms with Gasteiger partial charge in [0.25, 0.3) is 6.70 Å². The molecular formula is C18H25Br2N2O7PS2. The molecule has 9 nitrogen and oxygen atoms in total. The smallest absolute Gasteiger partial charge is 0.381 e. The van der Waals surface area contributed by atoms with Gasteiger partial charge in [-0.25, -0.2) is 13.4 Å². The van der Waals surface area contributed by atoms with Crippen molar-refractivity contribution in [1.29, 1.82) is 0 Å². The van der Waals surface area contributed by atoms with Crippen LogP contribution in [0.3, 0.4) is 0 Å². The Morgan fingerprint density at radius 3 is 1.81 bits per heavy atom. The number of nitrogens with zero attached hydrogens (tertiary/aromatic N) is 2. The van der Waals surface area contributed by atoms with Crippen LogP contribution < -0.4 is 4.52 Å². The van der Waals surface area contributed by atoms with Crippen LogP contribution in [0, 0.1) is 6.92 Å². The summed E-state index contributed by atoms with van der Waals surface area (Å²) in [7, 11) is 0. The standard InChI is InChI=1S/C12H21N2O3PS.C6H4O2.Br2O2S/c1-6-15-18(19,16-7-2)17-11-8-10(5)13-12(14-11)9(3)4;7-5-3-1-2-4-6(5)8;1-5(2,3)4/h8-9H,6-7H2,1-5H3;1-4H;. The van der Waals surface area contributed by atoms with Crippen LogP contribution in [0.15, 0.2) is 30.4 Å². The van der Waals surface area contributed by atoms with Crippen LogP contribution in [-0.4, -0.2) is 43.2 Å². The molecule has 1 aliphatic rings. The topological polar surface area (TPSA) is 122 Å². The second-order valence-corrected chi connectivity index (χ2v) is 17.5. The maximum Gasteiger partial charge on any atom is 0.381 e. The van der Waals surface area contributed by atoms with Gasteiger partial charge in [0.05, 0.1) is 42.8 Å². The first-order valence-corrected chi connectivity index (χ1v) is 16.9. The highest BCUT2D eigenvalue weighted by molar-refractivity contribution is 9.79. The minimum atomic E-state index is -3.04. The molecule has 0 fully saturated rings. The van der Waals surface area contributed by atoms with E-state index < -0.39 is 25.0 Å². The Kier molecular flexibility index (Phi) is 14.8. The second-order valence-electron chi connectivity index (χ2n) is 6.06. The number of ketones is 2. The lowest BCUT2D eigenvalue weighted by atomic mass is 10.1.